The second-order valence-electron chi connectivity index (χ2n) is 13.5. The first-order valence-electron chi connectivity index (χ1n) is 18.2. The summed E-state index contributed by atoms with van der Waals surface area (Å²) in [7, 11) is 0. The lowest BCUT2D eigenvalue weighted by Gasteiger charge is -2.19. The molecule has 1 heterocycles. The number of rotatable bonds is 19. The van der Waals surface area contributed by atoms with Crippen LogP contribution in [-0.4, -0.2) is 57.3 Å². The van der Waals surface area contributed by atoms with Crippen LogP contribution in [0.5, 0.6) is 17.2 Å². The normalized spacial score (nSPS) is 11.9. The zero-order chi connectivity index (χ0) is 41.9. The molecule has 4 N–H and O–H groups in total. The predicted molar refractivity (Wildman–Crippen MR) is 217 cm³/mol. The molecule has 4 aromatic carbocycles. The molecule has 5 rings (SSSR count). The average Bonchev–Trinajstić information content (AvgIpc) is 3.21. The van der Waals surface area contributed by atoms with Gasteiger partial charge in [-0.25, -0.2) is 0 Å². The summed E-state index contributed by atoms with van der Waals surface area (Å²) in [6.45, 7) is 7.60. The van der Waals surface area contributed by atoms with E-state index in [0.717, 1.165) is 33.4 Å². The molecule has 0 saturated heterocycles. The van der Waals surface area contributed by atoms with Gasteiger partial charge in [0.15, 0.2) is 5.75 Å². The molecule has 0 radical (unpaired) electrons. The maximum absolute atomic E-state index is 12.1. The summed E-state index contributed by atoms with van der Waals surface area (Å²) in [5.41, 5.74) is 7.48. The molecule has 0 aliphatic rings. The van der Waals surface area contributed by atoms with E-state index >= 15 is 0 Å². The van der Waals surface area contributed by atoms with Crippen molar-refractivity contribution in [3.8, 4) is 45.6 Å². The van der Waals surface area contributed by atoms with Gasteiger partial charge in [-0.15, -0.1) is 0 Å². The summed E-state index contributed by atoms with van der Waals surface area (Å²) in [5, 5.41) is 45.8. The number of hydrogen-bond donors (Lipinski definition) is 4. The minimum atomic E-state index is -1.01. The molecule has 0 spiro atoms. The lowest BCUT2D eigenvalue weighted by molar-refractivity contribution is -0.385. The maximum atomic E-state index is 12.1. The fourth-order valence-corrected chi connectivity index (χ4v) is 6.34. The Bertz CT molecular complexity index is 2360. The van der Waals surface area contributed by atoms with Gasteiger partial charge in [0.1, 0.15) is 49.5 Å². The Morgan fingerprint density at radius 1 is 0.828 bits per heavy atom. The molecule has 0 bridgehead atoms. The number of nitrogens with one attached hydrogen (secondary N) is 2. The number of ether oxygens (including phenoxy) is 3. The third-order valence-electron chi connectivity index (χ3n) is 9.50. The van der Waals surface area contributed by atoms with Crippen LogP contribution < -0.4 is 24.8 Å². The highest BCUT2D eigenvalue weighted by molar-refractivity contribution is 6.32. The van der Waals surface area contributed by atoms with Gasteiger partial charge in [-0.2, -0.15) is 5.26 Å². The Morgan fingerprint density at radius 3 is 2.21 bits per heavy atom. The summed E-state index contributed by atoms with van der Waals surface area (Å²) >= 11 is 6.72. The number of halogens is 1. The molecule has 0 unspecified atom stereocenters. The average molecular weight is 808 g/mol. The van der Waals surface area contributed by atoms with Gasteiger partial charge in [0.05, 0.1) is 15.5 Å². The van der Waals surface area contributed by atoms with Crippen molar-refractivity contribution in [2.75, 3.05) is 13.2 Å². The second kappa shape index (κ2) is 19.6. The standard InChI is InChI=1S/C43H42ClN5O9/c1-25-32(24-58-41-18-40(57-23-30-15-29(19-45)20-46-21-30)33(16-37(41)44)22-48-28(4)43(52)53)7-5-9-35(25)36-10-6-8-34(26(36)2)31-11-12-39(38(17-31)49(54)55)56-14-13-47-27(3)42(50)51/h5-12,15-18,20-21,27-28,47-48H,13-14,22-24H2,1-4H3,(H,50,51)(H,52,53)/t27-,28-/m0/s1. The van der Waals surface area contributed by atoms with Gasteiger partial charge in [0.2, 0.25) is 0 Å². The highest BCUT2D eigenvalue weighted by Crippen LogP contribution is 2.39. The number of nitriles is 1. The number of aromatic nitrogens is 1. The summed E-state index contributed by atoms with van der Waals surface area (Å²) in [6, 6.07) is 21.9. The van der Waals surface area contributed by atoms with Crippen molar-refractivity contribution >= 4 is 29.2 Å². The zero-order valence-electron chi connectivity index (χ0n) is 32.2. The van der Waals surface area contributed by atoms with Gasteiger partial charge in [0, 0.05) is 48.7 Å². The van der Waals surface area contributed by atoms with Crippen molar-refractivity contribution in [2.24, 2.45) is 0 Å². The summed E-state index contributed by atoms with van der Waals surface area (Å²) in [5.74, 6) is -1.18. The van der Waals surface area contributed by atoms with E-state index in [9.17, 15) is 30.1 Å². The summed E-state index contributed by atoms with van der Waals surface area (Å²) < 4.78 is 18.1. The number of nitro benzene ring substituents is 1. The summed E-state index contributed by atoms with van der Waals surface area (Å²) in [6.07, 6.45) is 3.05. The maximum Gasteiger partial charge on any atom is 0.320 e. The van der Waals surface area contributed by atoms with Crippen molar-refractivity contribution in [3.05, 3.63) is 134 Å². The molecule has 2 atom stereocenters. The van der Waals surface area contributed by atoms with Crippen LogP contribution in [0.1, 0.15) is 47.2 Å². The van der Waals surface area contributed by atoms with Gasteiger partial charge >= 0.3 is 17.6 Å². The molecule has 0 aliphatic heterocycles. The lowest BCUT2D eigenvalue weighted by Crippen LogP contribution is -2.36. The van der Waals surface area contributed by atoms with E-state index in [-0.39, 0.29) is 44.3 Å². The van der Waals surface area contributed by atoms with Crippen LogP contribution in [0, 0.1) is 35.3 Å². The number of nitrogens with zero attached hydrogens (tertiary/aromatic N) is 3. The smallest absolute Gasteiger partial charge is 0.320 e. The van der Waals surface area contributed by atoms with E-state index in [4.69, 9.17) is 30.9 Å². The Labute approximate surface area is 340 Å². The Kier molecular flexibility index (Phi) is 14.4. The van der Waals surface area contributed by atoms with E-state index in [2.05, 4.69) is 21.7 Å². The molecule has 1 aromatic heterocycles. The van der Waals surface area contributed by atoms with E-state index in [1.165, 1.54) is 26.1 Å². The Hall–Kier alpha value is -6.53. The molecule has 300 valence electrons. The van der Waals surface area contributed by atoms with Crippen molar-refractivity contribution in [1.29, 1.82) is 5.26 Å². The molecule has 15 heteroatoms. The molecule has 5 aromatic rings. The van der Waals surface area contributed by atoms with Gasteiger partial charge in [-0.1, -0.05) is 54.1 Å². The number of hydrogen-bond acceptors (Lipinski definition) is 11. The van der Waals surface area contributed by atoms with Crippen LogP contribution in [-0.2, 0) is 29.3 Å². The topological polar surface area (TPSA) is 206 Å². The fourth-order valence-electron chi connectivity index (χ4n) is 6.10. The number of carboxylic acid groups (broad SMARTS) is 2. The van der Waals surface area contributed by atoms with Gasteiger partial charge in [-0.05, 0) is 84.8 Å². The molecular weight excluding hydrogens is 766 g/mol. The number of benzene rings is 4. The number of carbonyl (C=O) groups is 2. The van der Waals surface area contributed by atoms with Crippen molar-refractivity contribution in [3.63, 3.8) is 0 Å². The number of nitro groups is 1. The first-order chi connectivity index (χ1) is 27.8. The van der Waals surface area contributed by atoms with Crippen LogP contribution in [0.25, 0.3) is 22.3 Å². The van der Waals surface area contributed by atoms with Crippen LogP contribution >= 0.6 is 11.6 Å². The minimum absolute atomic E-state index is 0.0423. The van der Waals surface area contributed by atoms with Crippen molar-refractivity contribution < 1.29 is 38.9 Å². The van der Waals surface area contributed by atoms with Gasteiger partial charge in [-0.3, -0.25) is 24.7 Å². The molecule has 14 nitrogen and oxygen atoms in total. The molecule has 0 saturated carbocycles. The largest absolute Gasteiger partial charge is 0.488 e. The molecular formula is C43H42ClN5O9. The first kappa shape index (κ1) is 42.6. The molecule has 58 heavy (non-hydrogen) atoms. The minimum Gasteiger partial charge on any atom is -0.488 e. The molecule has 0 amide bonds. The monoisotopic (exact) mass is 807 g/mol. The predicted octanol–water partition coefficient (Wildman–Crippen LogP) is 7.63. The third-order valence-corrected chi connectivity index (χ3v) is 9.80. The second-order valence-corrected chi connectivity index (χ2v) is 13.9. The van der Waals surface area contributed by atoms with E-state index in [0.29, 0.717) is 38.8 Å². The first-order valence-corrected chi connectivity index (χ1v) is 18.6. The number of carboxylic acids is 2. The van der Waals surface area contributed by atoms with Crippen LogP contribution in [0.3, 0.4) is 0 Å². The Balaban J connectivity index is 1.37. The van der Waals surface area contributed by atoms with E-state index < -0.39 is 28.9 Å². The lowest BCUT2D eigenvalue weighted by atomic mass is 9.89. The van der Waals surface area contributed by atoms with Gasteiger partial charge in [0.25, 0.3) is 0 Å². The van der Waals surface area contributed by atoms with Gasteiger partial charge < -0.3 is 35.1 Å². The van der Waals surface area contributed by atoms with E-state index in [1.54, 1.807) is 36.5 Å². The van der Waals surface area contributed by atoms with Crippen LogP contribution in [0.15, 0.2) is 85.2 Å². The Morgan fingerprint density at radius 2 is 1.50 bits per heavy atom. The zero-order valence-corrected chi connectivity index (χ0v) is 33.0. The molecule has 0 fully saturated rings. The van der Waals surface area contributed by atoms with Crippen molar-refractivity contribution in [2.45, 2.75) is 59.5 Å². The highest BCUT2D eigenvalue weighted by atomic mass is 35.5. The SMILES string of the molecule is Cc1c(COc2cc(OCc3cncc(C#N)c3)c(CN[C@@H](C)C(=O)O)cc2Cl)cccc1-c1cccc(-c2ccc(OCCN[C@@H](C)C(=O)O)c([N+](=O)[O-])c2)c1C. The molecule has 0 aliphatic carbocycles. The number of pyridine rings is 1. The van der Waals surface area contributed by atoms with E-state index in [1.807, 2.05) is 50.2 Å². The third kappa shape index (κ3) is 10.6. The quantitative estimate of drug-likeness (QED) is 0.0360. The van der Waals surface area contributed by atoms with Crippen LogP contribution in [0.4, 0.5) is 5.69 Å². The van der Waals surface area contributed by atoms with Crippen LogP contribution in [0.2, 0.25) is 5.02 Å². The fraction of sp³-hybridized carbons (Fsp3) is 0.256. The van der Waals surface area contributed by atoms with Crippen molar-refractivity contribution in [1.82, 2.24) is 15.6 Å². The highest BCUT2D eigenvalue weighted by Gasteiger charge is 2.20. The summed E-state index contributed by atoms with van der Waals surface area (Å²) in [4.78, 5) is 38.2. The number of aliphatic carboxylic acids is 2.